The van der Waals surface area contributed by atoms with Crippen LogP contribution in [-0.4, -0.2) is 51.4 Å². The fourth-order valence-corrected chi connectivity index (χ4v) is 4.39. The van der Waals surface area contributed by atoms with E-state index in [0.29, 0.717) is 37.4 Å². The first-order chi connectivity index (χ1) is 12.5. The molecule has 7 heteroatoms. The topological polar surface area (TPSA) is 78.5 Å². The number of carbonyl (C=O) groups excluding carboxylic acids is 1. The molecule has 0 bridgehead atoms. The standard InChI is InChI=1S/C19H29N3O3S/c1-3-22(4-2)26(24,25)18-8-5-16(6-9-18)7-10-19(23)21-15-17-11-13-20-14-12-17/h5-6,8-9,11,20H,3-4,7,10,12-15H2,1-2H3,(H,21,23). The number of hydrogen-bond donors (Lipinski definition) is 2. The first-order valence-electron chi connectivity index (χ1n) is 9.21. The van der Waals surface area contributed by atoms with E-state index < -0.39 is 10.0 Å². The number of nitrogens with one attached hydrogen (secondary N) is 2. The van der Waals surface area contributed by atoms with Crippen LogP contribution < -0.4 is 10.6 Å². The van der Waals surface area contributed by atoms with Crippen LogP contribution in [0.5, 0.6) is 0 Å². The highest BCUT2D eigenvalue weighted by atomic mass is 32.2. The molecule has 6 nitrogen and oxygen atoms in total. The molecule has 0 fully saturated rings. The number of hydrogen-bond acceptors (Lipinski definition) is 4. The molecule has 0 spiro atoms. The maximum absolute atomic E-state index is 12.5. The third-order valence-electron chi connectivity index (χ3n) is 4.58. The van der Waals surface area contributed by atoms with Crippen molar-refractivity contribution in [2.45, 2.75) is 38.0 Å². The zero-order chi connectivity index (χ0) is 19.0. The van der Waals surface area contributed by atoms with Gasteiger partial charge in [0.15, 0.2) is 0 Å². The van der Waals surface area contributed by atoms with Crippen LogP contribution in [0.4, 0.5) is 0 Å². The van der Waals surface area contributed by atoms with Crippen molar-refractivity contribution in [2.75, 3.05) is 32.7 Å². The van der Waals surface area contributed by atoms with Crippen molar-refractivity contribution >= 4 is 15.9 Å². The molecule has 2 N–H and O–H groups in total. The van der Waals surface area contributed by atoms with Gasteiger partial charge in [-0.1, -0.05) is 37.6 Å². The molecule has 0 unspecified atom stereocenters. The molecular formula is C19H29N3O3S. The second-order valence-electron chi connectivity index (χ2n) is 6.33. The van der Waals surface area contributed by atoms with Crippen molar-refractivity contribution in [1.82, 2.24) is 14.9 Å². The van der Waals surface area contributed by atoms with Crippen molar-refractivity contribution in [2.24, 2.45) is 0 Å². The third kappa shape index (κ3) is 5.65. The largest absolute Gasteiger partial charge is 0.352 e. The second kappa shape index (κ2) is 9.85. The number of benzene rings is 1. The Kier molecular flexibility index (Phi) is 7.81. The number of carbonyl (C=O) groups is 1. The van der Waals surface area contributed by atoms with Crippen molar-refractivity contribution in [3.05, 3.63) is 41.5 Å². The van der Waals surface area contributed by atoms with E-state index in [4.69, 9.17) is 0 Å². The van der Waals surface area contributed by atoms with Gasteiger partial charge in [0.1, 0.15) is 0 Å². The number of sulfonamides is 1. The molecule has 0 aromatic heterocycles. The Morgan fingerprint density at radius 3 is 2.46 bits per heavy atom. The average Bonchev–Trinajstić information content (AvgIpc) is 2.66. The molecule has 1 aromatic carbocycles. The Balaban J connectivity index is 1.85. The molecule has 1 heterocycles. The minimum atomic E-state index is -3.43. The van der Waals surface area contributed by atoms with Gasteiger partial charge in [0.2, 0.25) is 15.9 Å². The van der Waals surface area contributed by atoms with E-state index in [2.05, 4.69) is 16.7 Å². The molecule has 0 aliphatic carbocycles. The fourth-order valence-electron chi connectivity index (χ4n) is 2.93. The van der Waals surface area contributed by atoms with Crippen LogP contribution in [0.15, 0.2) is 40.8 Å². The van der Waals surface area contributed by atoms with E-state index in [0.717, 1.165) is 25.1 Å². The second-order valence-corrected chi connectivity index (χ2v) is 8.26. The van der Waals surface area contributed by atoms with Gasteiger partial charge in [0.05, 0.1) is 4.90 Å². The number of rotatable bonds is 9. The predicted molar refractivity (Wildman–Crippen MR) is 103 cm³/mol. The molecule has 0 saturated carbocycles. The maximum Gasteiger partial charge on any atom is 0.243 e. The van der Waals surface area contributed by atoms with E-state index >= 15 is 0 Å². The maximum atomic E-state index is 12.5. The molecule has 1 aliphatic heterocycles. The summed E-state index contributed by atoms with van der Waals surface area (Å²) in [6.45, 7) is 7.00. The molecule has 1 amide bonds. The van der Waals surface area contributed by atoms with E-state index in [9.17, 15) is 13.2 Å². The summed E-state index contributed by atoms with van der Waals surface area (Å²) in [5, 5.41) is 6.19. The average molecular weight is 380 g/mol. The van der Waals surface area contributed by atoms with Gasteiger partial charge in [-0.05, 0) is 37.1 Å². The summed E-state index contributed by atoms with van der Waals surface area (Å²) in [5.41, 5.74) is 2.22. The molecule has 0 atom stereocenters. The van der Waals surface area contributed by atoms with Crippen LogP contribution in [0.25, 0.3) is 0 Å². The van der Waals surface area contributed by atoms with Gasteiger partial charge in [-0.3, -0.25) is 4.79 Å². The highest BCUT2D eigenvalue weighted by molar-refractivity contribution is 7.89. The highest BCUT2D eigenvalue weighted by Gasteiger charge is 2.21. The minimum Gasteiger partial charge on any atom is -0.352 e. The molecule has 2 rings (SSSR count). The monoisotopic (exact) mass is 379 g/mol. The first kappa shape index (κ1) is 20.6. The normalized spacial score (nSPS) is 15.0. The van der Waals surface area contributed by atoms with Crippen LogP contribution in [0, 0.1) is 0 Å². The lowest BCUT2D eigenvalue weighted by Gasteiger charge is -2.18. The van der Waals surface area contributed by atoms with Gasteiger partial charge in [-0.2, -0.15) is 4.31 Å². The zero-order valence-corrected chi connectivity index (χ0v) is 16.4. The van der Waals surface area contributed by atoms with E-state index in [1.807, 2.05) is 13.8 Å². The summed E-state index contributed by atoms with van der Waals surface area (Å²) in [4.78, 5) is 12.3. The molecule has 0 saturated heterocycles. The molecule has 1 aliphatic rings. The van der Waals surface area contributed by atoms with Gasteiger partial charge in [0, 0.05) is 32.6 Å². The molecular weight excluding hydrogens is 350 g/mol. The van der Waals surface area contributed by atoms with Gasteiger partial charge < -0.3 is 10.6 Å². The third-order valence-corrected chi connectivity index (χ3v) is 6.64. The summed E-state index contributed by atoms with van der Waals surface area (Å²) in [6, 6.07) is 6.83. The Bertz CT molecular complexity index is 723. The van der Waals surface area contributed by atoms with Gasteiger partial charge in [-0.25, -0.2) is 8.42 Å². The molecule has 26 heavy (non-hydrogen) atoms. The van der Waals surface area contributed by atoms with E-state index in [-0.39, 0.29) is 5.91 Å². The van der Waals surface area contributed by atoms with Crippen LogP contribution in [0.3, 0.4) is 0 Å². The Morgan fingerprint density at radius 1 is 1.19 bits per heavy atom. The Hall–Kier alpha value is -1.70. The van der Waals surface area contributed by atoms with Crippen LogP contribution in [0.1, 0.15) is 32.3 Å². The summed E-state index contributed by atoms with van der Waals surface area (Å²) >= 11 is 0. The quantitative estimate of drug-likeness (QED) is 0.640. The van der Waals surface area contributed by atoms with Crippen molar-refractivity contribution in [3.63, 3.8) is 0 Å². The lowest BCUT2D eigenvalue weighted by molar-refractivity contribution is -0.120. The van der Waals surface area contributed by atoms with Gasteiger partial charge in [-0.15, -0.1) is 0 Å². The zero-order valence-electron chi connectivity index (χ0n) is 15.6. The lowest BCUT2D eigenvalue weighted by Crippen LogP contribution is -2.30. The predicted octanol–water partition coefficient (Wildman–Crippen LogP) is 1.69. The summed E-state index contributed by atoms with van der Waals surface area (Å²) in [5.74, 6) is 0.0178. The number of amides is 1. The van der Waals surface area contributed by atoms with Crippen LogP contribution in [0.2, 0.25) is 0 Å². The first-order valence-corrected chi connectivity index (χ1v) is 10.7. The summed E-state index contributed by atoms with van der Waals surface area (Å²) in [6.07, 6.45) is 4.09. The lowest BCUT2D eigenvalue weighted by atomic mass is 10.1. The Labute approximate surface area is 156 Å². The molecule has 0 radical (unpaired) electrons. The van der Waals surface area contributed by atoms with E-state index in [1.54, 1.807) is 24.3 Å². The van der Waals surface area contributed by atoms with Crippen molar-refractivity contribution < 1.29 is 13.2 Å². The summed E-state index contributed by atoms with van der Waals surface area (Å²) in [7, 11) is -3.43. The molecule has 1 aromatic rings. The summed E-state index contributed by atoms with van der Waals surface area (Å²) < 4.78 is 26.4. The van der Waals surface area contributed by atoms with Crippen molar-refractivity contribution in [1.29, 1.82) is 0 Å². The number of nitrogens with zero attached hydrogens (tertiary/aromatic N) is 1. The SMILES string of the molecule is CCN(CC)S(=O)(=O)c1ccc(CCC(=O)NCC2=CCNCC2)cc1. The van der Waals surface area contributed by atoms with Gasteiger partial charge >= 0.3 is 0 Å². The molecule has 144 valence electrons. The Morgan fingerprint density at radius 2 is 1.88 bits per heavy atom. The highest BCUT2D eigenvalue weighted by Crippen LogP contribution is 2.16. The van der Waals surface area contributed by atoms with E-state index in [1.165, 1.54) is 9.88 Å². The fraction of sp³-hybridized carbons (Fsp3) is 0.526. The van der Waals surface area contributed by atoms with Crippen LogP contribution in [-0.2, 0) is 21.2 Å². The smallest absolute Gasteiger partial charge is 0.243 e. The minimum absolute atomic E-state index is 0.0178. The number of aryl methyl sites for hydroxylation is 1. The van der Waals surface area contributed by atoms with Crippen molar-refractivity contribution in [3.8, 4) is 0 Å². The van der Waals surface area contributed by atoms with Gasteiger partial charge in [0.25, 0.3) is 0 Å². The van der Waals surface area contributed by atoms with Crippen LogP contribution >= 0.6 is 0 Å².